The molecule has 1 atom stereocenters. The van der Waals surface area contributed by atoms with E-state index < -0.39 is 17.8 Å². The Morgan fingerprint density at radius 2 is 1.69 bits per heavy atom. The largest absolute Gasteiger partial charge is 0.416 e. The number of aromatic nitrogens is 2. The number of carbonyl (C=O) groups is 1. The van der Waals surface area contributed by atoms with Gasteiger partial charge in [0, 0.05) is 26.2 Å². The predicted molar refractivity (Wildman–Crippen MR) is 110 cm³/mol. The molecule has 1 aliphatic heterocycles. The highest BCUT2D eigenvalue weighted by molar-refractivity contribution is 5.83. The number of piperazine rings is 1. The smallest absolute Gasteiger partial charge is 0.339 e. The Morgan fingerprint density at radius 3 is 2.31 bits per heavy atom. The molecule has 3 aromatic rings. The standard InChI is InChI=1S/C23H23F3N4O2/c1-16-27-21(32-28-16)13-20-22(31)30(15-17-5-3-2-4-6-17)12-11-29(20)14-18-7-9-19(10-8-18)23(24,25)26/h2-10,20H,11-15H2,1H3. The summed E-state index contributed by atoms with van der Waals surface area (Å²) in [5.74, 6) is 0.779. The van der Waals surface area contributed by atoms with Crippen molar-refractivity contribution >= 4 is 5.91 Å². The quantitative estimate of drug-likeness (QED) is 0.578. The van der Waals surface area contributed by atoms with Crippen LogP contribution in [0.15, 0.2) is 59.1 Å². The van der Waals surface area contributed by atoms with Crippen molar-refractivity contribution in [3.63, 3.8) is 0 Å². The number of alkyl halides is 3. The molecule has 6 nitrogen and oxygen atoms in total. The number of carbonyl (C=O) groups excluding carboxylic acids is 1. The van der Waals surface area contributed by atoms with Crippen molar-refractivity contribution in [1.29, 1.82) is 0 Å². The molecule has 1 saturated heterocycles. The van der Waals surface area contributed by atoms with Crippen LogP contribution in [0.25, 0.3) is 0 Å². The molecule has 32 heavy (non-hydrogen) atoms. The summed E-state index contributed by atoms with van der Waals surface area (Å²) in [7, 11) is 0. The van der Waals surface area contributed by atoms with Crippen LogP contribution in [0.3, 0.4) is 0 Å². The molecule has 168 valence electrons. The van der Waals surface area contributed by atoms with Gasteiger partial charge in [0.25, 0.3) is 0 Å². The lowest BCUT2D eigenvalue weighted by molar-refractivity contribution is -0.143. The average Bonchev–Trinajstić information content (AvgIpc) is 3.18. The van der Waals surface area contributed by atoms with E-state index in [2.05, 4.69) is 10.1 Å². The summed E-state index contributed by atoms with van der Waals surface area (Å²) in [6, 6.07) is 14.2. The number of hydrogen-bond donors (Lipinski definition) is 0. The number of hydrogen-bond acceptors (Lipinski definition) is 5. The molecule has 1 fully saturated rings. The second kappa shape index (κ2) is 9.12. The van der Waals surface area contributed by atoms with E-state index in [0.717, 1.165) is 17.7 Å². The second-order valence-corrected chi connectivity index (χ2v) is 7.87. The molecule has 0 saturated carbocycles. The summed E-state index contributed by atoms with van der Waals surface area (Å²) >= 11 is 0. The lowest BCUT2D eigenvalue weighted by Crippen LogP contribution is -2.57. The van der Waals surface area contributed by atoms with E-state index in [4.69, 9.17) is 4.52 Å². The van der Waals surface area contributed by atoms with Crippen molar-refractivity contribution in [1.82, 2.24) is 19.9 Å². The Bertz CT molecular complexity index is 1050. The molecular weight excluding hydrogens is 421 g/mol. The second-order valence-electron chi connectivity index (χ2n) is 7.87. The van der Waals surface area contributed by atoms with Crippen LogP contribution < -0.4 is 0 Å². The van der Waals surface area contributed by atoms with E-state index in [1.54, 1.807) is 11.8 Å². The van der Waals surface area contributed by atoms with Crippen LogP contribution in [0.5, 0.6) is 0 Å². The average molecular weight is 444 g/mol. The van der Waals surface area contributed by atoms with Crippen LogP contribution in [0, 0.1) is 6.92 Å². The SMILES string of the molecule is Cc1noc(CC2C(=O)N(Cc3ccccc3)CCN2Cc2ccc(C(F)(F)F)cc2)n1. The summed E-state index contributed by atoms with van der Waals surface area (Å²) in [6.45, 7) is 3.65. The van der Waals surface area contributed by atoms with Gasteiger partial charge < -0.3 is 9.42 Å². The van der Waals surface area contributed by atoms with Gasteiger partial charge in [-0.15, -0.1) is 0 Å². The monoisotopic (exact) mass is 444 g/mol. The van der Waals surface area contributed by atoms with Crippen molar-refractivity contribution in [3.8, 4) is 0 Å². The number of rotatable bonds is 6. The third kappa shape index (κ3) is 5.16. The van der Waals surface area contributed by atoms with Crippen LogP contribution in [0.2, 0.25) is 0 Å². The third-order valence-corrected chi connectivity index (χ3v) is 5.52. The predicted octanol–water partition coefficient (Wildman–Crippen LogP) is 3.85. The van der Waals surface area contributed by atoms with Gasteiger partial charge in [0.05, 0.1) is 18.0 Å². The van der Waals surface area contributed by atoms with E-state index in [9.17, 15) is 18.0 Å². The number of nitrogens with zero attached hydrogens (tertiary/aromatic N) is 4. The van der Waals surface area contributed by atoms with Crippen molar-refractivity contribution in [2.24, 2.45) is 0 Å². The highest BCUT2D eigenvalue weighted by Crippen LogP contribution is 2.29. The lowest BCUT2D eigenvalue weighted by Gasteiger charge is -2.40. The first-order chi connectivity index (χ1) is 15.3. The molecule has 0 aliphatic carbocycles. The topological polar surface area (TPSA) is 62.5 Å². The fourth-order valence-corrected chi connectivity index (χ4v) is 3.87. The minimum absolute atomic E-state index is 0.0668. The normalized spacial score (nSPS) is 17.7. The van der Waals surface area contributed by atoms with Crippen molar-refractivity contribution in [2.75, 3.05) is 13.1 Å². The molecule has 1 unspecified atom stereocenters. The Labute approximate surface area is 183 Å². The summed E-state index contributed by atoms with van der Waals surface area (Å²) < 4.78 is 43.9. The zero-order chi connectivity index (χ0) is 22.7. The molecular formula is C23H23F3N4O2. The molecule has 9 heteroatoms. The third-order valence-electron chi connectivity index (χ3n) is 5.52. The molecule has 1 aliphatic rings. The highest BCUT2D eigenvalue weighted by atomic mass is 19.4. The van der Waals surface area contributed by atoms with Crippen molar-refractivity contribution in [2.45, 2.75) is 38.7 Å². The van der Waals surface area contributed by atoms with Gasteiger partial charge in [-0.3, -0.25) is 9.69 Å². The van der Waals surface area contributed by atoms with E-state index in [1.807, 2.05) is 35.2 Å². The number of amides is 1. The first kappa shape index (κ1) is 22.0. The summed E-state index contributed by atoms with van der Waals surface area (Å²) in [5.41, 5.74) is 1.04. The van der Waals surface area contributed by atoms with Gasteiger partial charge in [0.2, 0.25) is 11.8 Å². The van der Waals surface area contributed by atoms with Crippen LogP contribution in [0.4, 0.5) is 13.2 Å². The van der Waals surface area contributed by atoms with Gasteiger partial charge in [-0.05, 0) is 30.2 Å². The maximum Gasteiger partial charge on any atom is 0.416 e. The first-order valence-electron chi connectivity index (χ1n) is 10.3. The lowest BCUT2D eigenvalue weighted by atomic mass is 10.0. The Kier molecular flexibility index (Phi) is 6.27. The maximum atomic E-state index is 13.4. The molecule has 4 rings (SSSR count). The van der Waals surface area contributed by atoms with Crippen LogP contribution in [-0.4, -0.2) is 45.0 Å². The molecule has 1 amide bonds. The van der Waals surface area contributed by atoms with Crippen LogP contribution >= 0.6 is 0 Å². The minimum Gasteiger partial charge on any atom is -0.339 e. The van der Waals surface area contributed by atoms with Crippen molar-refractivity contribution < 1.29 is 22.5 Å². The maximum absolute atomic E-state index is 13.4. The van der Waals surface area contributed by atoms with Gasteiger partial charge in [0.1, 0.15) is 0 Å². The Morgan fingerprint density at radius 1 is 1.00 bits per heavy atom. The zero-order valence-electron chi connectivity index (χ0n) is 17.5. The number of aryl methyl sites for hydroxylation is 1. The van der Waals surface area contributed by atoms with Gasteiger partial charge in [-0.25, -0.2) is 0 Å². The fraction of sp³-hybridized carbons (Fsp3) is 0.348. The molecule has 2 aromatic carbocycles. The molecule has 1 aromatic heterocycles. The van der Waals surface area contributed by atoms with E-state index in [1.165, 1.54) is 12.1 Å². The van der Waals surface area contributed by atoms with Gasteiger partial charge in [-0.2, -0.15) is 18.2 Å². The van der Waals surface area contributed by atoms with E-state index in [-0.39, 0.29) is 12.3 Å². The number of halogens is 3. The van der Waals surface area contributed by atoms with E-state index in [0.29, 0.717) is 43.5 Å². The Hall–Kier alpha value is -3.20. The van der Waals surface area contributed by atoms with Gasteiger partial charge >= 0.3 is 6.18 Å². The molecule has 0 bridgehead atoms. The zero-order valence-corrected chi connectivity index (χ0v) is 17.5. The molecule has 2 heterocycles. The molecule has 0 N–H and O–H groups in total. The first-order valence-corrected chi connectivity index (χ1v) is 10.3. The summed E-state index contributed by atoms with van der Waals surface area (Å²) in [6.07, 6.45) is -4.14. The Balaban J connectivity index is 1.53. The van der Waals surface area contributed by atoms with Crippen LogP contribution in [-0.2, 0) is 30.5 Å². The van der Waals surface area contributed by atoms with Gasteiger partial charge in [0.15, 0.2) is 5.82 Å². The van der Waals surface area contributed by atoms with Gasteiger partial charge in [-0.1, -0.05) is 47.6 Å². The van der Waals surface area contributed by atoms with Crippen LogP contribution in [0.1, 0.15) is 28.4 Å². The molecule has 0 radical (unpaired) electrons. The highest BCUT2D eigenvalue weighted by Gasteiger charge is 2.36. The van der Waals surface area contributed by atoms with Crippen molar-refractivity contribution in [3.05, 3.63) is 83.0 Å². The fourth-order valence-electron chi connectivity index (χ4n) is 3.87. The summed E-state index contributed by atoms with van der Waals surface area (Å²) in [4.78, 5) is 21.4. The number of benzene rings is 2. The molecule has 0 spiro atoms. The minimum atomic E-state index is -4.38. The van der Waals surface area contributed by atoms with E-state index >= 15 is 0 Å². The summed E-state index contributed by atoms with van der Waals surface area (Å²) in [5, 5.41) is 3.80.